The van der Waals surface area contributed by atoms with Gasteiger partial charge in [0.05, 0.1) is 6.10 Å². The van der Waals surface area contributed by atoms with Gasteiger partial charge in [-0.15, -0.1) is 0 Å². The minimum absolute atomic E-state index is 0.0227. The van der Waals surface area contributed by atoms with E-state index in [1.165, 1.54) is 0 Å². The first-order valence-corrected chi connectivity index (χ1v) is 7.39. The summed E-state index contributed by atoms with van der Waals surface area (Å²) in [7, 11) is 0. The van der Waals surface area contributed by atoms with Gasteiger partial charge in [0.15, 0.2) is 0 Å². The van der Waals surface area contributed by atoms with Crippen molar-refractivity contribution >= 4 is 11.8 Å². The Kier molecular flexibility index (Phi) is 7.54. The molecule has 1 rings (SSSR count). The van der Waals surface area contributed by atoms with E-state index < -0.39 is 6.10 Å². The van der Waals surface area contributed by atoms with E-state index in [9.17, 15) is 14.7 Å². The van der Waals surface area contributed by atoms with Crippen molar-refractivity contribution in [3.05, 3.63) is 0 Å². The summed E-state index contributed by atoms with van der Waals surface area (Å²) < 4.78 is 0. The normalized spacial score (nSPS) is 17.9. The summed E-state index contributed by atoms with van der Waals surface area (Å²) in [6.07, 6.45) is 2.35. The minimum Gasteiger partial charge on any atom is -0.396 e. The first-order chi connectivity index (χ1) is 9.54. The van der Waals surface area contributed by atoms with E-state index in [0.717, 1.165) is 0 Å². The summed E-state index contributed by atoms with van der Waals surface area (Å²) in [6, 6.07) is 0. The van der Waals surface area contributed by atoms with Gasteiger partial charge in [-0.25, -0.2) is 0 Å². The molecule has 1 saturated heterocycles. The molecule has 1 aliphatic rings. The van der Waals surface area contributed by atoms with Crippen molar-refractivity contribution in [1.29, 1.82) is 0 Å². The topological polar surface area (TPSA) is 89.9 Å². The molecule has 0 aliphatic carbocycles. The van der Waals surface area contributed by atoms with Crippen LogP contribution < -0.4 is 5.32 Å². The number of likely N-dealkylation sites (tertiary alicyclic amines) is 1. The van der Waals surface area contributed by atoms with Gasteiger partial charge in [-0.05, 0) is 32.6 Å². The molecule has 0 bridgehead atoms. The number of carbonyl (C=O) groups excluding carboxylic acids is 2. The molecular formula is C14H26N2O4. The smallest absolute Gasteiger partial charge is 0.223 e. The third-order valence-electron chi connectivity index (χ3n) is 3.63. The molecule has 2 amide bonds. The number of hydrogen-bond acceptors (Lipinski definition) is 4. The zero-order valence-corrected chi connectivity index (χ0v) is 12.2. The molecule has 1 unspecified atom stereocenters. The summed E-state index contributed by atoms with van der Waals surface area (Å²) in [5, 5.41) is 20.6. The predicted molar refractivity (Wildman–Crippen MR) is 74.9 cm³/mol. The second kappa shape index (κ2) is 8.92. The van der Waals surface area contributed by atoms with Crippen LogP contribution in [0.3, 0.4) is 0 Å². The third-order valence-corrected chi connectivity index (χ3v) is 3.63. The van der Waals surface area contributed by atoms with Gasteiger partial charge in [0.2, 0.25) is 11.8 Å². The second-order valence-corrected chi connectivity index (χ2v) is 5.41. The second-order valence-electron chi connectivity index (χ2n) is 5.41. The fourth-order valence-corrected chi connectivity index (χ4v) is 2.32. The maximum absolute atomic E-state index is 11.9. The fourth-order valence-electron chi connectivity index (χ4n) is 2.32. The Labute approximate surface area is 120 Å². The molecule has 0 radical (unpaired) electrons. The van der Waals surface area contributed by atoms with Crippen LogP contribution in [-0.4, -0.2) is 59.3 Å². The number of amides is 2. The molecule has 3 N–H and O–H groups in total. The lowest BCUT2D eigenvalue weighted by molar-refractivity contribution is -0.136. The molecule has 1 heterocycles. The molecule has 6 heteroatoms. The fraction of sp³-hybridized carbons (Fsp3) is 0.857. The number of hydrogen-bond donors (Lipinski definition) is 3. The summed E-state index contributed by atoms with van der Waals surface area (Å²) in [4.78, 5) is 25.5. The van der Waals surface area contributed by atoms with Gasteiger partial charge >= 0.3 is 0 Å². The Bertz CT molecular complexity index is 312. The average molecular weight is 286 g/mol. The summed E-state index contributed by atoms with van der Waals surface area (Å²) in [5.41, 5.74) is 0. The number of aliphatic hydroxyl groups excluding tert-OH is 2. The Morgan fingerprint density at radius 1 is 1.35 bits per heavy atom. The average Bonchev–Trinajstić information content (AvgIpc) is 2.45. The van der Waals surface area contributed by atoms with E-state index in [-0.39, 0.29) is 24.3 Å². The largest absolute Gasteiger partial charge is 0.396 e. The number of piperidine rings is 1. The van der Waals surface area contributed by atoms with Crippen molar-refractivity contribution in [3.63, 3.8) is 0 Å². The van der Waals surface area contributed by atoms with Gasteiger partial charge in [0.1, 0.15) is 0 Å². The SMILES string of the molecule is CC(O)CCC(=O)N1CCC(C(=O)NCCCO)CC1. The van der Waals surface area contributed by atoms with Crippen molar-refractivity contribution in [2.75, 3.05) is 26.2 Å². The number of nitrogens with zero attached hydrogens (tertiary/aromatic N) is 1. The zero-order valence-electron chi connectivity index (χ0n) is 12.2. The van der Waals surface area contributed by atoms with Crippen LogP contribution >= 0.6 is 0 Å². The highest BCUT2D eigenvalue weighted by Gasteiger charge is 2.26. The molecule has 0 aromatic heterocycles. The molecule has 1 fully saturated rings. The highest BCUT2D eigenvalue weighted by molar-refractivity contribution is 5.80. The van der Waals surface area contributed by atoms with E-state index in [2.05, 4.69) is 5.32 Å². The van der Waals surface area contributed by atoms with Gasteiger partial charge in [0.25, 0.3) is 0 Å². The summed E-state index contributed by atoms with van der Waals surface area (Å²) in [6.45, 7) is 3.48. The zero-order chi connectivity index (χ0) is 15.0. The lowest BCUT2D eigenvalue weighted by Gasteiger charge is -2.31. The van der Waals surface area contributed by atoms with Crippen LogP contribution in [0.2, 0.25) is 0 Å². The van der Waals surface area contributed by atoms with Crippen molar-refractivity contribution in [1.82, 2.24) is 10.2 Å². The number of rotatable bonds is 7. The van der Waals surface area contributed by atoms with Crippen LogP contribution in [0.1, 0.15) is 39.0 Å². The Hall–Kier alpha value is -1.14. The van der Waals surface area contributed by atoms with Crippen LogP contribution in [0.5, 0.6) is 0 Å². The number of aliphatic hydroxyl groups is 2. The van der Waals surface area contributed by atoms with Crippen molar-refractivity contribution in [2.45, 2.75) is 45.1 Å². The van der Waals surface area contributed by atoms with E-state index in [4.69, 9.17) is 5.11 Å². The van der Waals surface area contributed by atoms with Gasteiger partial charge in [-0.2, -0.15) is 0 Å². The molecule has 1 aliphatic heterocycles. The van der Waals surface area contributed by atoms with Gasteiger partial charge in [-0.1, -0.05) is 0 Å². The highest BCUT2D eigenvalue weighted by atomic mass is 16.3. The van der Waals surface area contributed by atoms with Gasteiger partial charge in [-0.3, -0.25) is 9.59 Å². The predicted octanol–water partition coefficient (Wildman–Crippen LogP) is -0.115. The quantitative estimate of drug-likeness (QED) is 0.569. The molecule has 0 aromatic rings. The maximum atomic E-state index is 11.9. The molecular weight excluding hydrogens is 260 g/mol. The Balaban J connectivity index is 2.25. The maximum Gasteiger partial charge on any atom is 0.223 e. The molecule has 20 heavy (non-hydrogen) atoms. The highest BCUT2D eigenvalue weighted by Crippen LogP contribution is 2.18. The van der Waals surface area contributed by atoms with E-state index >= 15 is 0 Å². The lowest BCUT2D eigenvalue weighted by Crippen LogP contribution is -2.43. The van der Waals surface area contributed by atoms with Gasteiger partial charge in [0, 0.05) is 38.6 Å². The monoisotopic (exact) mass is 286 g/mol. The molecule has 0 saturated carbocycles. The third kappa shape index (κ3) is 5.88. The Morgan fingerprint density at radius 2 is 2.00 bits per heavy atom. The van der Waals surface area contributed by atoms with Gasteiger partial charge < -0.3 is 20.4 Å². The van der Waals surface area contributed by atoms with E-state index in [0.29, 0.717) is 51.7 Å². The van der Waals surface area contributed by atoms with Crippen molar-refractivity contribution in [2.24, 2.45) is 5.92 Å². The van der Waals surface area contributed by atoms with Crippen LogP contribution in [-0.2, 0) is 9.59 Å². The summed E-state index contributed by atoms with van der Waals surface area (Å²) >= 11 is 0. The van der Waals surface area contributed by atoms with E-state index in [1.807, 2.05) is 0 Å². The molecule has 116 valence electrons. The standard InChI is InChI=1S/C14H26N2O4/c1-11(18)3-4-13(19)16-8-5-12(6-9-16)14(20)15-7-2-10-17/h11-12,17-18H,2-10H2,1H3,(H,15,20). The first kappa shape index (κ1) is 16.9. The van der Waals surface area contributed by atoms with Crippen molar-refractivity contribution < 1.29 is 19.8 Å². The molecule has 0 aromatic carbocycles. The molecule has 1 atom stereocenters. The minimum atomic E-state index is -0.450. The van der Waals surface area contributed by atoms with E-state index in [1.54, 1.807) is 11.8 Å². The Morgan fingerprint density at radius 3 is 2.55 bits per heavy atom. The summed E-state index contributed by atoms with van der Waals surface area (Å²) in [5.74, 6) is 0.0501. The first-order valence-electron chi connectivity index (χ1n) is 7.39. The van der Waals surface area contributed by atoms with Crippen LogP contribution in [0, 0.1) is 5.92 Å². The van der Waals surface area contributed by atoms with Crippen LogP contribution in [0.25, 0.3) is 0 Å². The van der Waals surface area contributed by atoms with Crippen molar-refractivity contribution in [3.8, 4) is 0 Å². The lowest BCUT2D eigenvalue weighted by atomic mass is 9.95. The number of nitrogens with one attached hydrogen (secondary N) is 1. The van der Waals surface area contributed by atoms with Crippen LogP contribution in [0.4, 0.5) is 0 Å². The molecule has 0 spiro atoms. The number of carbonyl (C=O) groups is 2. The van der Waals surface area contributed by atoms with Crippen LogP contribution in [0.15, 0.2) is 0 Å². The molecule has 6 nitrogen and oxygen atoms in total.